The molecule has 9 heteroatoms. The van der Waals surface area contributed by atoms with Gasteiger partial charge in [0.25, 0.3) is 0 Å². The normalized spacial score (nSPS) is 11.2. The molecule has 0 radical (unpaired) electrons. The lowest BCUT2D eigenvalue weighted by atomic mass is 10.1. The van der Waals surface area contributed by atoms with Crippen molar-refractivity contribution < 1.29 is 22.0 Å². The van der Waals surface area contributed by atoms with Gasteiger partial charge in [-0.25, -0.2) is 31.9 Å². The van der Waals surface area contributed by atoms with Crippen LogP contribution in [0.5, 0.6) is 0 Å². The van der Waals surface area contributed by atoms with E-state index in [1.165, 1.54) is 6.07 Å². The van der Waals surface area contributed by atoms with Gasteiger partial charge in [-0.15, -0.1) is 0 Å². The minimum atomic E-state index is -2.24. The van der Waals surface area contributed by atoms with Crippen molar-refractivity contribution in [2.75, 3.05) is 5.43 Å². The van der Waals surface area contributed by atoms with E-state index in [4.69, 9.17) is 0 Å². The van der Waals surface area contributed by atoms with Crippen LogP contribution in [-0.2, 0) is 0 Å². The predicted molar refractivity (Wildman–Crippen MR) is 110 cm³/mol. The Morgan fingerprint density at radius 1 is 0.656 bits per heavy atom. The number of hydrogen-bond acceptors (Lipinski definition) is 4. The SMILES string of the molecule is Fc1c(F)c(F)c(/C=N/Nc2cc(-c3ccccc3)nc(-c3ccccc3)n2)c(F)c1F. The van der Waals surface area contributed by atoms with Gasteiger partial charge in [0.15, 0.2) is 34.9 Å². The predicted octanol–water partition coefficient (Wildman–Crippen LogP) is 5.95. The van der Waals surface area contributed by atoms with Crippen molar-refractivity contribution in [3.05, 3.63) is 101 Å². The van der Waals surface area contributed by atoms with Gasteiger partial charge in [0.05, 0.1) is 17.5 Å². The van der Waals surface area contributed by atoms with E-state index in [2.05, 4.69) is 20.5 Å². The summed E-state index contributed by atoms with van der Waals surface area (Å²) in [5, 5.41) is 3.61. The molecule has 160 valence electrons. The number of nitrogens with one attached hydrogen (secondary N) is 1. The number of nitrogens with zero attached hydrogens (tertiary/aromatic N) is 3. The largest absolute Gasteiger partial charge is 0.261 e. The highest BCUT2D eigenvalue weighted by molar-refractivity contribution is 5.81. The average molecular weight is 440 g/mol. The number of hydrogen-bond donors (Lipinski definition) is 1. The molecular weight excluding hydrogens is 427 g/mol. The molecule has 0 bridgehead atoms. The van der Waals surface area contributed by atoms with Crippen LogP contribution in [-0.4, -0.2) is 16.2 Å². The Morgan fingerprint density at radius 2 is 1.19 bits per heavy atom. The maximum atomic E-state index is 13.8. The lowest BCUT2D eigenvalue weighted by Crippen LogP contribution is -2.07. The first kappa shape index (κ1) is 21.1. The Kier molecular flexibility index (Phi) is 5.89. The van der Waals surface area contributed by atoms with Gasteiger partial charge < -0.3 is 0 Å². The van der Waals surface area contributed by atoms with Gasteiger partial charge in [-0.2, -0.15) is 5.10 Å². The van der Waals surface area contributed by atoms with E-state index in [-0.39, 0.29) is 5.82 Å². The van der Waals surface area contributed by atoms with E-state index in [1.807, 2.05) is 48.5 Å². The third-order valence-electron chi connectivity index (χ3n) is 4.44. The van der Waals surface area contributed by atoms with Gasteiger partial charge >= 0.3 is 0 Å². The van der Waals surface area contributed by atoms with E-state index >= 15 is 0 Å². The van der Waals surface area contributed by atoms with Crippen LogP contribution in [0, 0.1) is 29.1 Å². The third-order valence-corrected chi connectivity index (χ3v) is 4.44. The van der Waals surface area contributed by atoms with Gasteiger partial charge in [-0.05, 0) is 0 Å². The van der Waals surface area contributed by atoms with E-state index in [0.717, 1.165) is 5.56 Å². The standard InChI is InChI=1S/C23H13F5N4/c24-18-15(19(25)21(27)22(28)20(18)26)12-29-32-17-11-16(13-7-3-1-4-8-13)30-23(31-17)14-9-5-2-6-10-14/h1-12H,(H,30,31,32)/b29-12+. The fourth-order valence-corrected chi connectivity index (χ4v) is 2.88. The first-order chi connectivity index (χ1) is 15.5. The number of benzene rings is 3. The summed E-state index contributed by atoms with van der Waals surface area (Å²) in [7, 11) is 0. The van der Waals surface area contributed by atoms with Crippen molar-refractivity contribution in [2.45, 2.75) is 0 Å². The van der Waals surface area contributed by atoms with Gasteiger partial charge in [-0.1, -0.05) is 60.7 Å². The lowest BCUT2D eigenvalue weighted by Gasteiger charge is -2.08. The molecular formula is C23H13F5N4. The summed E-state index contributed by atoms with van der Waals surface area (Å²) in [5.74, 6) is -9.80. The summed E-state index contributed by atoms with van der Waals surface area (Å²) in [6.07, 6.45) is 0.503. The summed E-state index contributed by atoms with van der Waals surface area (Å²) in [6.45, 7) is 0. The molecule has 1 N–H and O–H groups in total. The highest BCUT2D eigenvalue weighted by Crippen LogP contribution is 2.25. The van der Waals surface area contributed by atoms with Crippen molar-refractivity contribution in [3.63, 3.8) is 0 Å². The molecule has 0 aliphatic rings. The monoisotopic (exact) mass is 440 g/mol. The van der Waals surface area contributed by atoms with Crippen LogP contribution in [0.15, 0.2) is 71.8 Å². The molecule has 4 aromatic rings. The molecule has 1 aromatic heterocycles. The molecule has 0 unspecified atom stereocenters. The van der Waals surface area contributed by atoms with Crippen molar-refractivity contribution >= 4 is 12.0 Å². The number of aromatic nitrogens is 2. The molecule has 3 aromatic carbocycles. The minimum absolute atomic E-state index is 0.151. The van der Waals surface area contributed by atoms with Gasteiger partial charge in [0.1, 0.15) is 0 Å². The molecule has 0 amide bonds. The summed E-state index contributed by atoms with van der Waals surface area (Å²) >= 11 is 0. The van der Waals surface area contributed by atoms with Crippen LogP contribution in [0.2, 0.25) is 0 Å². The molecule has 0 saturated carbocycles. The highest BCUT2D eigenvalue weighted by atomic mass is 19.2. The van der Waals surface area contributed by atoms with Crippen molar-refractivity contribution in [1.82, 2.24) is 9.97 Å². The number of hydrazone groups is 1. The molecule has 0 fully saturated rings. The molecule has 4 rings (SSSR count). The van der Waals surface area contributed by atoms with Crippen LogP contribution >= 0.6 is 0 Å². The smallest absolute Gasteiger partial charge is 0.200 e. The zero-order chi connectivity index (χ0) is 22.7. The van der Waals surface area contributed by atoms with Crippen LogP contribution in [0.3, 0.4) is 0 Å². The van der Waals surface area contributed by atoms with E-state index in [1.54, 1.807) is 12.1 Å². The first-order valence-corrected chi connectivity index (χ1v) is 9.26. The molecule has 0 saturated heterocycles. The Hall–Kier alpha value is -4.14. The highest BCUT2D eigenvalue weighted by Gasteiger charge is 2.24. The van der Waals surface area contributed by atoms with Crippen molar-refractivity contribution in [2.24, 2.45) is 5.10 Å². The number of halogens is 5. The van der Waals surface area contributed by atoms with Gasteiger partial charge in [0.2, 0.25) is 5.82 Å². The second-order valence-electron chi connectivity index (χ2n) is 6.55. The molecule has 0 aliphatic heterocycles. The fourth-order valence-electron chi connectivity index (χ4n) is 2.88. The third kappa shape index (κ3) is 4.18. The fraction of sp³-hybridized carbons (Fsp3) is 0. The van der Waals surface area contributed by atoms with Gasteiger partial charge in [0, 0.05) is 17.2 Å². The van der Waals surface area contributed by atoms with Crippen LogP contribution < -0.4 is 5.43 Å². The number of anilines is 1. The van der Waals surface area contributed by atoms with Crippen LogP contribution in [0.1, 0.15) is 5.56 Å². The quantitative estimate of drug-likeness (QED) is 0.137. The molecule has 32 heavy (non-hydrogen) atoms. The van der Waals surface area contributed by atoms with E-state index in [9.17, 15) is 22.0 Å². The summed E-state index contributed by atoms with van der Waals surface area (Å²) in [6, 6.07) is 19.7. The molecule has 1 heterocycles. The maximum Gasteiger partial charge on any atom is 0.200 e. The average Bonchev–Trinajstić information content (AvgIpc) is 2.84. The summed E-state index contributed by atoms with van der Waals surface area (Å²) in [5.41, 5.74) is 3.31. The Labute approximate surface area is 179 Å². The molecule has 4 nitrogen and oxygen atoms in total. The summed E-state index contributed by atoms with van der Waals surface area (Å²) < 4.78 is 67.6. The lowest BCUT2D eigenvalue weighted by molar-refractivity contribution is 0.377. The van der Waals surface area contributed by atoms with E-state index in [0.29, 0.717) is 23.3 Å². The van der Waals surface area contributed by atoms with Gasteiger partial charge in [-0.3, -0.25) is 5.43 Å². The zero-order valence-corrected chi connectivity index (χ0v) is 16.2. The minimum Gasteiger partial charge on any atom is -0.261 e. The van der Waals surface area contributed by atoms with Crippen molar-refractivity contribution in [3.8, 4) is 22.6 Å². The van der Waals surface area contributed by atoms with Crippen LogP contribution in [0.25, 0.3) is 22.6 Å². The van der Waals surface area contributed by atoms with Crippen LogP contribution in [0.4, 0.5) is 27.8 Å². The maximum absolute atomic E-state index is 13.8. The zero-order valence-electron chi connectivity index (χ0n) is 16.2. The first-order valence-electron chi connectivity index (χ1n) is 9.26. The Balaban J connectivity index is 1.71. The second kappa shape index (κ2) is 8.93. The molecule has 0 spiro atoms. The van der Waals surface area contributed by atoms with Crippen molar-refractivity contribution in [1.29, 1.82) is 0 Å². The topological polar surface area (TPSA) is 50.2 Å². The molecule has 0 atom stereocenters. The van der Waals surface area contributed by atoms with E-state index < -0.39 is 34.6 Å². The Morgan fingerprint density at radius 3 is 1.78 bits per heavy atom. The number of rotatable bonds is 5. The summed E-state index contributed by atoms with van der Waals surface area (Å²) in [4.78, 5) is 8.86. The molecule has 0 aliphatic carbocycles. The Bertz CT molecular complexity index is 1210. The second-order valence-corrected chi connectivity index (χ2v) is 6.55.